The molecule has 5 nitrogen and oxygen atoms in total. The number of aryl methyl sites for hydroxylation is 3. The maximum Gasteiger partial charge on any atom is 0.263 e. The van der Waals surface area contributed by atoms with Crippen molar-refractivity contribution in [1.82, 2.24) is 10.2 Å². The normalized spacial score (nSPS) is 10.4. The Labute approximate surface area is 124 Å². The van der Waals surface area contributed by atoms with Gasteiger partial charge in [-0.25, -0.2) is 0 Å². The molecule has 1 aromatic carbocycles. The molecule has 2 aromatic rings. The lowest BCUT2D eigenvalue weighted by Gasteiger charge is -2.07. The first-order chi connectivity index (χ1) is 10.1. The molecule has 0 aliphatic carbocycles. The number of hydrogen-bond donors (Lipinski definition) is 2. The van der Waals surface area contributed by atoms with Gasteiger partial charge in [-0.15, -0.1) is 0 Å². The topological polar surface area (TPSA) is 67.0 Å². The Kier molecular flexibility index (Phi) is 4.98. The summed E-state index contributed by atoms with van der Waals surface area (Å²) in [5.74, 6) is 1.02. The second-order valence-electron chi connectivity index (χ2n) is 5.19. The van der Waals surface area contributed by atoms with Crippen molar-refractivity contribution in [1.29, 1.82) is 0 Å². The van der Waals surface area contributed by atoms with Crippen molar-refractivity contribution in [3.05, 3.63) is 41.1 Å². The Hall–Kier alpha value is -2.30. The third-order valence-corrected chi connectivity index (χ3v) is 2.98. The summed E-state index contributed by atoms with van der Waals surface area (Å²) in [5.41, 5.74) is 3.24. The van der Waals surface area contributed by atoms with Crippen molar-refractivity contribution >= 4 is 11.7 Å². The molecule has 0 saturated heterocycles. The first kappa shape index (κ1) is 15.1. The quantitative estimate of drug-likeness (QED) is 0.858. The van der Waals surface area contributed by atoms with Crippen LogP contribution in [0.15, 0.2) is 24.3 Å². The number of carbonyl (C=O) groups is 1. The van der Waals surface area contributed by atoms with E-state index >= 15 is 0 Å². The Morgan fingerprint density at radius 2 is 1.95 bits per heavy atom. The second kappa shape index (κ2) is 6.92. The molecule has 0 radical (unpaired) electrons. The molecule has 1 heterocycles. The fraction of sp³-hybridized carbons (Fsp3) is 0.375. The van der Waals surface area contributed by atoms with E-state index in [2.05, 4.69) is 28.5 Å². The average molecular weight is 287 g/mol. The smallest absolute Gasteiger partial charge is 0.263 e. The van der Waals surface area contributed by atoms with Gasteiger partial charge in [0.1, 0.15) is 5.75 Å². The summed E-state index contributed by atoms with van der Waals surface area (Å²) in [6.07, 6.45) is 1.95. The molecule has 0 atom stereocenters. The van der Waals surface area contributed by atoms with Crippen LogP contribution in [0.2, 0.25) is 0 Å². The van der Waals surface area contributed by atoms with E-state index in [1.54, 1.807) is 0 Å². The summed E-state index contributed by atoms with van der Waals surface area (Å²) >= 11 is 0. The van der Waals surface area contributed by atoms with E-state index in [1.807, 2.05) is 32.0 Å². The van der Waals surface area contributed by atoms with Crippen LogP contribution in [-0.2, 0) is 11.2 Å². The van der Waals surface area contributed by atoms with Crippen LogP contribution in [0.25, 0.3) is 0 Å². The molecule has 0 aliphatic rings. The zero-order chi connectivity index (χ0) is 15.2. The minimum Gasteiger partial charge on any atom is -0.484 e. The molecule has 5 heteroatoms. The molecular formula is C16H21N3O2. The molecule has 0 unspecified atom stereocenters. The van der Waals surface area contributed by atoms with Crippen LogP contribution in [0, 0.1) is 13.8 Å². The third kappa shape index (κ3) is 4.63. The van der Waals surface area contributed by atoms with E-state index < -0.39 is 0 Å². The highest BCUT2D eigenvalue weighted by molar-refractivity contribution is 5.90. The van der Waals surface area contributed by atoms with Crippen LogP contribution in [0.1, 0.15) is 30.2 Å². The average Bonchev–Trinajstić information content (AvgIpc) is 2.83. The van der Waals surface area contributed by atoms with E-state index in [0.717, 1.165) is 29.7 Å². The summed E-state index contributed by atoms with van der Waals surface area (Å²) in [5, 5.41) is 9.65. The zero-order valence-corrected chi connectivity index (χ0v) is 12.7. The highest BCUT2D eigenvalue weighted by Gasteiger charge is 2.07. The van der Waals surface area contributed by atoms with Gasteiger partial charge in [0.25, 0.3) is 5.91 Å². The van der Waals surface area contributed by atoms with Crippen molar-refractivity contribution in [2.45, 2.75) is 33.6 Å². The lowest BCUT2D eigenvalue weighted by Crippen LogP contribution is -2.20. The highest BCUT2D eigenvalue weighted by atomic mass is 16.5. The van der Waals surface area contributed by atoms with Crippen molar-refractivity contribution < 1.29 is 9.53 Å². The Bertz CT molecular complexity index is 599. The van der Waals surface area contributed by atoms with Crippen molar-refractivity contribution in [3.63, 3.8) is 0 Å². The number of aromatic nitrogens is 2. The van der Waals surface area contributed by atoms with E-state index in [1.165, 1.54) is 0 Å². The largest absolute Gasteiger partial charge is 0.484 e. The lowest BCUT2D eigenvalue weighted by molar-refractivity contribution is -0.118. The Morgan fingerprint density at radius 3 is 2.62 bits per heavy atom. The number of rotatable bonds is 6. The van der Waals surface area contributed by atoms with Crippen LogP contribution < -0.4 is 10.1 Å². The number of ether oxygens (including phenoxy) is 1. The maximum absolute atomic E-state index is 11.8. The fourth-order valence-electron chi connectivity index (χ4n) is 2.17. The van der Waals surface area contributed by atoms with Gasteiger partial charge in [0.15, 0.2) is 12.4 Å². The standard InChI is InChI=1S/C16H21N3O2/c1-4-5-13-9-15(19-18-13)17-16(20)10-21-14-7-11(2)6-12(3)8-14/h6-9H,4-5,10H2,1-3H3,(H2,17,18,19,20). The second-order valence-corrected chi connectivity index (χ2v) is 5.19. The van der Waals surface area contributed by atoms with Gasteiger partial charge in [-0.1, -0.05) is 19.4 Å². The lowest BCUT2D eigenvalue weighted by atomic mass is 10.1. The molecule has 0 saturated carbocycles. The SMILES string of the molecule is CCCc1cc(NC(=O)COc2cc(C)cc(C)c2)n[nH]1. The van der Waals surface area contributed by atoms with Gasteiger partial charge in [-0.3, -0.25) is 9.89 Å². The van der Waals surface area contributed by atoms with Crippen LogP contribution in [0.3, 0.4) is 0 Å². The summed E-state index contributed by atoms with van der Waals surface area (Å²) in [4.78, 5) is 11.8. The van der Waals surface area contributed by atoms with Crippen LogP contribution in [0.4, 0.5) is 5.82 Å². The fourth-order valence-corrected chi connectivity index (χ4v) is 2.17. The predicted octanol–water partition coefficient (Wildman–Crippen LogP) is 3.00. The van der Waals surface area contributed by atoms with Gasteiger partial charge in [0, 0.05) is 11.8 Å². The maximum atomic E-state index is 11.8. The molecule has 0 spiro atoms. The first-order valence-corrected chi connectivity index (χ1v) is 7.12. The molecular weight excluding hydrogens is 266 g/mol. The number of nitrogens with zero attached hydrogens (tertiary/aromatic N) is 1. The van der Waals surface area contributed by atoms with Crippen LogP contribution in [-0.4, -0.2) is 22.7 Å². The summed E-state index contributed by atoms with van der Waals surface area (Å²) in [7, 11) is 0. The molecule has 0 aliphatic heterocycles. The number of benzene rings is 1. The van der Waals surface area contributed by atoms with Gasteiger partial charge in [0.05, 0.1) is 0 Å². The van der Waals surface area contributed by atoms with Gasteiger partial charge in [0.2, 0.25) is 0 Å². The monoisotopic (exact) mass is 287 g/mol. The van der Waals surface area contributed by atoms with Crippen molar-refractivity contribution in [3.8, 4) is 5.75 Å². The number of aromatic amines is 1. The first-order valence-electron chi connectivity index (χ1n) is 7.12. The number of H-pyrrole nitrogens is 1. The predicted molar refractivity (Wildman–Crippen MR) is 82.6 cm³/mol. The zero-order valence-electron chi connectivity index (χ0n) is 12.7. The molecule has 0 fully saturated rings. The molecule has 21 heavy (non-hydrogen) atoms. The van der Waals surface area contributed by atoms with Crippen LogP contribution in [0.5, 0.6) is 5.75 Å². The molecule has 1 amide bonds. The highest BCUT2D eigenvalue weighted by Crippen LogP contribution is 2.16. The van der Waals surface area contributed by atoms with Gasteiger partial charge < -0.3 is 10.1 Å². The Balaban J connectivity index is 1.86. The van der Waals surface area contributed by atoms with Gasteiger partial charge >= 0.3 is 0 Å². The summed E-state index contributed by atoms with van der Waals surface area (Å²) in [6.45, 7) is 6.06. The van der Waals surface area contributed by atoms with Gasteiger partial charge in [-0.2, -0.15) is 5.10 Å². The Morgan fingerprint density at radius 1 is 1.24 bits per heavy atom. The molecule has 2 rings (SSSR count). The number of amides is 1. The third-order valence-electron chi connectivity index (χ3n) is 2.98. The van der Waals surface area contributed by atoms with E-state index in [0.29, 0.717) is 11.6 Å². The number of anilines is 1. The minimum absolute atomic E-state index is 0.0289. The van der Waals surface area contributed by atoms with Gasteiger partial charge in [-0.05, 0) is 43.5 Å². The number of carbonyl (C=O) groups excluding carboxylic acids is 1. The molecule has 0 bridgehead atoms. The van der Waals surface area contributed by atoms with Crippen LogP contribution >= 0.6 is 0 Å². The molecule has 1 aromatic heterocycles. The number of nitrogens with one attached hydrogen (secondary N) is 2. The van der Waals surface area contributed by atoms with E-state index in [4.69, 9.17) is 4.74 Å². The summed E-state index contributed by atoms with van der Waals surface area (Å²) < 4.78 is 5.51. The minimum atomic E-state index is -0.219. The molecule has 112 valence electrons. The van der Waals surface area contributed by atoms with E-state index in [9.17, 15) is 4.79 Å². The summed E-state index contributed by atoms with van der Waals surface area (Å²) in [6, 6.07) is 7.73. The van der Waals surface area contributed by atoms with E-state index in [-0.39, 0.29) is 12.5 Å². The number of hydrogen-bond acceptors (Lipinski definition) is 3. The van der Waals surface area contributed by atoms with Crippen molar-refractivity contribution in [2.24, 2.45) is 0 Å². The van der Waals surface area contributed by atoms with Crippen molar-refractivity contribution in [2.75, 3.05) is 11.9 Å². The molecule has 2 N–H and O–H groups in total.